The van der Waals surface area contributed by atoms with Crippen LogP contribution in [0.15, 0.2) is 95.9 Å². The summed E-state index contributed by atoms with van der Waals surface area (Å²) in [6.07, 6.45) is 0.719. The van der Waals surface area contributed by atoms with Crippen LogP contribution in [0.2, 0.25) is 10.0 Å². The second-order valence-corrected chi connectivity index (χ2v) is 14.3. The third-order valence-corrected chi connectivity index (χ3v) is 10.7. The normalized spacial score (nSPS) is 12.4. The van der Waals surface area contributed by atoms with Crippen LogP contribution in [0.25, 0.3) is 0 Å². The minimum atomic E-state index is -4.60. The van der Waals surface area contributed by atoms with Crippen molar-refractivity contribution >= 4 is 56.4 Å². The molecule has 11 nitrogen and oxygen atoms in total. The van der Waals surface area contributed by atoms with Gasteiger partial charge in [0.15, 0.2) is 0 Å². The summed E-state index contributed by atoms with van der Waals surface area (Å²) in [6, 6.07) is 22.1. The van der Waals surface area contributed by atoms with E-state index in [-0.39, 0.29) is 40.3 Å². The summed E-state index contributed by atoms with van der Waals surface area (Å²) in [6.45, 7) is 4.24. The third-order valence-electron chi connectivity index (χ3n) is 8.27. The van der Waals surface area contributed by atoms with Crippen molar-refractivity contribution in [3.05, 3.63) is 128 Å². The molecule has 0 unspecified atom stereocenters. The van der Waals surface area contributed by atoms with E-state index < -0.39 is 49.9 Å². The Kier molecular flexibility index (Phi) is 12.9. The highest BCUT2D eigenvalue weighted by Crippen LogP contribution is 2.31. The van der Waals surface area contributed by atoms with Crippen LogP contribution >= 0.6 is 23.2 Å². The van der Waals surface area contributed by atoms with Crippen molar-refractivity contribution in [2.75, 3.05) is 18.0 Å². The highest BCUT2D eigenvalue weighted by atomic mass is 35.5. The lowest BCUT2D eigenvalue weighted by molar-refractivity contribution is -0.385. The van der Waals surface area contributed by atoms with Gasteiger partial charge < -0.3 is 15.0 Å². The van der Waals surface area contributed by atoms with Crippen LogP contribution < -0.4 is 14.4 Å². The van der Waals surface area contributed by atoms with Crippen LogP contribution in [0.1, 0.15) is 37.0 Å². The van der Waals surface area contributed by atoms with Gasteiger partial charge in [-0.15, -0.1) is 0 Å². The molecule has 0 heterocycles. The zero-order chi connectivity index (χ0) is 36.6. The van der Waals surface area contributed by atoms with Gasteiger partial charge in [-0.3, -0.25) is 24.0 Å². The number of sulfonamides is 1. The molecule has 0 spiro atoms. The van der Waals surface area contributed by atoms with Crippen LogP contribution in [0.4, 0.5) is 11.4 Å². The molecule has 4 aromatic carbocycles. The molecular formula is C36H38Cl2N4O7S. The predicted octanol–water partition coefficient (Wildman–Crippen LogP) is 6.97. The van der Waals surface area contributed by atoms with Crippen molar-refractivity contribution in [3.8, 4) is 5.75 Å². The minimum absolute atomic E-state index is 0.0850. The summed E-state index contributed by atoms with van der Waals surface area (Å²) in [4.78, 5) is 40.7. The highest BCUT2D eigenvalue weighted by molar-refractivity contribution is 7.92. The number of methoxy groups -OCH3 is 1. The monoisotopic (exact) mass is 740 g/mol. The Morgan fingerprint density at radius 2 is 1.60 bits per heavy atom. The number of hydrogen-bond donors (Lipinski definition) is 1. The van der Waals surface area contributed by atoms with Gasteiger partial charge in [0.25, 0.3) is 15.7 Å². The van der Waals surface area contributed by atoms with Gasteiger partial charge in [-0.05, 0) is 68.3 Å². The topological polar surface area (TPSA) is 139 Å². The van der Waals surface area contributed by atoms with Crippen molar-refractivity contribution in [3.63, 3.8) is 0 Å². The summed E-state index contributed by atoms with van der Waals surface area (Å²) >= 11 is 13.1. The number of amides is 2. The fraction of sp³-hybridized carbons (Fsp3) is 0.278. The molecular weight excluding hydrogens is 703 g/mol. The Morgan fingerprint density at radius 1 is 0.960 bits per heavy atom. The molecule has 0 radical (unpaired) electrons. The van der Waals surface area contributed by atoms with E-state index in [0.717, 1.165) is 15.9 Å². The number of nitro benzene ring substituents is 1. The number of anilines is 1. The molecule has 0 saturated carbocycles. The summed E-state index contributed by atoms with van der Waals surface area (Å²) in [7, 11) is -3.15. The molecule has 264 valence electrons. The maximum absolute atomic E-state index is 14.7. The average Bonchev–Trinajstić information content (AvgIpc) is 3.10. The fourth-order valence-corrected chi connectivity index (χ4v) is 7.15. The number of nitrogens with one attached hydrogen (secondary N) is 1. The number of carbonyl (C=O) groups is 2. The molecule has 0 saturated heterocycles. The van der Waals surface area contributed by atoms with Gasteiger partial charge in [-0.2, -0.15) is 0 Å². The molecule has 1 N–H and O–H groups in total. The summed E-state index contributed by atoms with van der Waals surface area (Å²) < 4.78 is 34.8. The van der Waals surface area contributed by atoms with E-state index in [1.165, 1.54) is 55.3 Å². The van der Waals surface area contributed by atoms with Crippen molar-refractivity contribution in [1.82, 2.24) is 10.2 Å². The van der Waals surface area contributed by atoms with Crippen molar-refractivity contribution in [2.24, 2.45) is 0 Å². The fourth-order valence-electron chi connectivity index (χ4n) is 5.20. The number of nitro groups is 1. The number of ether oxygens (including phenoxy) is 1. The number of nitrogens with zero attached hydrogens (tertiary/aromatic N) is 3. The highest BCUT2D eigenvalue weighted by Gasteiger charge is 2.36. The first-order valence-corrected chi connectivity index (χ1v) is 17.9. The van der Waals surface area contributed by atoms with E-state index in [9.17, 15) is 28.1 Å². The van der Waals surface area contributed by atoms with E-state index in [2.05, 4.69) is 5.32 Å². The number of carbonyl (C=O) groups excluding carboxylic acids is 2. The molecule has 0 aliphatic carbocycles. The van der Waals surface area contributed by atoms with E-state index in [1.54, 1.807) is 18.2 Å². The lowest BCUT2D eigenvalue weighted by Crippen LogP contribution is -2.54. The van der Waals surface area contributed by atoms with Gasteiger partial charge in [0, 0.05) is 46.2 Å². The van der Waals surface area contributed by atoms with Crippen LogP contribution in [0.5, 0.6) is 5.75 Å². The standard InChI is InChI=1S/C36H38Cl2N4O7S/c1-5-25(3)39-36(44)34(20-26-10-7-6-8-11-26)40(22-30-31(37)12-9-13-32(30)38)35(43)23-41(27-15-17-28(49-4)18-16-27)50(47,48)29-19-14-24(2)33(21-29)42(45)46/h6-19,21,25,34H,5,20,22-23H2,1-4H3,(H,39,44)/t25-,34+/m1/s1. The molecule has 0 bridgehead atoms. The van der Waals surface area contributed by atoms with Gasteiger partial charge in [-0.1, -0.05) is 72.6 Å². The van der Waals surface area contributed by atoms with E-state index >= 15 is 0 Å². The summed E-state index contributed by atoms with van der Waals surface area (Å²) in [5.41, 5.74) is 1.08. The Bertz CT molecular complexity index is 1920. The third kappa shape index (κ3) is 9.12. The molecule has 0 fully saturated rings. The van der Waals surface area contributed by atoms with E-state index in [1.807, 2.05) is 44.2 Å². The summed E-state index contributed by atoms with van der Waals surface area (Å²) in [5, 5.41) is 15.2. The molecule has 0 aliphatic rings. The molecule has 0 aliphatic heterocycles. The maximum Gasteiger partial charge on any atom is 0.273 e. The Labute approximate surface area is 302 Å². The van der Waals surface area contributed by atoms with Crippen LogP contribution in [-0.4, -0.2) is 55.8 Å². The molecule has 4 rings (SSSR count). The zero-order valence-electron chi connectivity index (χ0n) is 28.0. The molecule has 2 amide bonds. The van der Waals surface area contributed by atoms with E-state index in [0.29, 0.717) is 17.7 Å². The molecule has 4 aromatic rings. The molecule has 14 heteroatoms. The number of rotatable bonds is 15. The van der Waals surface area contributed by atoms with Gasteiger partial charge in [0.1, 0.15) is 18.3 Å². The van der Waals surface area contributed by atoms with Gasteiger partial charge >= 0.3 is 0 Å². The van der Waals surface area contributed by atoms with Gasteiger partial charge in [0.2, 0.25) is 11.8 Å². The second-order valence-electron chi connectivity index (χ2n) is 11.7. The second kappa shape index (κ2) is 16.8. The van der Waals surface area contributed by atoms with Crippen LogP contribution in [0, 0.1) is 17.0 Å². The Morgan fingerprint density at radius 3 is 2.18 bits per heavy atom. The Hall–Kier alpha value is -4.65. The maximum atomic E-state index is 14.7. The number of benzene rings is 4. The lowest BCUT2D eigenvalue weighted by Gasteiger charge is -2.34. The molecule has 50 heavy (non-hydrogen) atoms. The smallest absolute Gasteiger partial charge is 0.273 e. The average molecular weight is 742 g/mol. The van der Waals surface area contributed by atoms with Gasteiger partial charge in [-0.25, -0.2) is 8.42 Å². The van der Waals surface area contributed by atoms with Crippen molar-refractivity contribution in [2.45, 2.75) is 57.1 Å². The first kappa shape index (κ1) is 38.2. The number of hydrogen-bond acceptors (Lipinski definition) is 7. The quantitative estimate of drug-likeness (QED) is 0.103. The minimum Gasteiger partial charge on any atom is -0.497 e. The van der Waals surface area contributed by atoms with Crippen molar-refractivity contribution in [1.29, 1.82) is 0 Å². The van der Waals surface area contributed by atoms with Crippen LogP contribution in [-0.2, 0) is 32.6 Å². The van der Waals surface area contributed by atoms with Gasteiger partial charge in [0.05, 0.1) is 22.6 Å². The number of aryl methyl sites for hydroxylation is 1. The zero-order valence-corrected chi connectivity index (χ0v) is 30.3. The lowest BCUT2D eigenvalue weighted by atomic mass is 10.0. The van der Waals surface area contributed by atoms with Crippen LogP contribution in [0.3, 0.4) is 0 Å². The molecule has 0 aromatic heterocycles. The van der Waals surface area contributed by atoms with E-state index in [4.69, 9.17) is 27.9 Å². The largest absolute Gasteiger partial charge is 0.497 e. The molecule has 2 atom stereocenters. The first-order valence-electron chi connectivity index (χ1n) is 15.7. The predicted molar refractivity (Wildman–Crippen MR) is 194 cm³/mol. The SMILES string of the molecule is CC[C@@H](C)NC(=O)[C@H](Cc1ccccc1)N(Cc1c(Cl)cccc1Cl)C(=O)CN(c1ccc(OC)cc1)S(=O)(=O)c1ccc(C)c([N+](=O)[O-])c1. The Balaban J connectivity index is 1.88. The van der Waals surface area contributed by atoms with Crippen molar-refractivity contribution < 1.29 is 27.7 Å². The number of halogens is 2. The first-order chi connectivity index (χ1) is 23.8. The summed E-state index contributed by atoms with van der Waals surface area (Å²) in [5.74, 6) is -0.766.